The van der Waals surface area contributed by atoms with Crippen LogP contribution in [0.3, 0.4) is 0 Å². The molecule has 0 atom stereocenters. The largest absolute Gasteiger partial charge is 0.366 e. The Kier molecular flexibility index (Phi) is 1.61. The molecule has 10 heavy (non-hydrogen) atoms. The van der Waals surface area contributed by atoms with Crippen molar-refractivity contribution in [2.75, 3.05) is 5.73 Å². The molecule has 0 radical (unpaired) electrons. The van der Waals surface area contributed by atoms with E-state index < -0.39 is 0 Å². The van der Waals surface area contributed by atoms with Gasteiger partial charge in [0, 0.05) is 13.0 Å². The van der Waals surface area contributed by atoms with Crippen molar-refractivity contribution in [2.24, 2.45) is 7.05 Å². The summed E-state index contributed by atoms with van der Waals surface area (Å²) in [6.45, 7) is 4.12. The lowest BCUT2D eigenvalue weighted by Gasteiger charge is -2.00. The van der Waals surface area contributed by atoms with Crippen molar-refractivity contribution in [3.05, 3.63) is 5.82 Å². The van der Waals surface area contributed by atoms with E-state index >= 15 is 0 Å². The average molecular weight is 140 g/mol. The van der Waals surface area contributed by atoms with E-state index in [2.05, 4.69) is 23.9 Å². The minimum Gasteiger partial charge on any atom is -0.366 e. The summed E-state index contributed by atoms with van der Waals surface area (Å²) < 4.78 is 1.71. The standard InChI is InChI=1S/C6H12N4/c1-4(2)5-8-6(7)9-10(5)3/h4H,1-3H3,(H2,7,9). The van der Waals surface area contributed by atoms with Crippen LogP contribution >= 0.6 is 0 Å². The second kappa shape index (κ2) is 2.28. The highest BCUT2D eigenvalue weighted by atomic mass is 15.4. The first kappa shape index (κ1) is 7.05. The van der Waals surface area contributed by atoms with E-state index in [1.165, 1.54) is 0 Å². The Morgan fingerprint density at radius 3 is 2.30 bits per heavy atom. The first-order chi connectivity index (χ1) is 4.61. The maximum Gasteiger partial charge on any atom is 0.239 e. The topological polar surface area (TPSA) is 56.7 Å². The third-order valence-corrected chi connectivity index (χ3v) is 1.33. The zero-order valence-electron chi connectivity index (χ0n) is 6.50. The molecule has 0 aliphatic carbocycles. The molecule has 1 heterocycles. The molecule has 1 aromatic rings. The first-order valence-electron chi connectivity index (χ1n) is 3.27. The van der Waals surface area contributed by atoms with Crippen molar-refractivity contribution >= 4 is 5.95 Å². The fourth-order valence-electron chi connectivity index (χ4n) is 0.920. The summed E-state index contributed by atoms with van der Waals surface area (Å²) in [6.07, 6.45) is 0. The van der Waals surface area contributed by atoms with E-state index in [4.69, 9.17) is 5.73 Å². The lowest BCUT2D eigenvalue weighted by atomic mass is 10.2. The summed E-state index contributed by atoms with van der Waals surface area (Å²) in [5.74, 6) is 1.67. The molecule has 4 nitrogen and oxygen atoms in total. The molecule has 0 fully saturated rings. The minimum absolute atomic E-state index is 0.353. The van der Waals surface area contributed by atoms with Crippen LogP contribution in [0.2, 0.25) is 0 Å². The van der Waals surface area contributed by atoms with Gasteiger partial charge in [0.05, 0.1) is 0 Å². The van der Waals surface area contributed by atoms with Gasteiger partial charge in [0.1, 0.15) is 5.82 Å². The molecule has 1 rings (SSSR count). The van der Waals surface area contributed by atoms with Crippen molar-refractivity contribution in [3.8, 4) is 0 Å². The van der Waals surface area contributed by atoms with E-state index in [0.717, 1.165) is 5.82 Å². The van der Waals surface area contributed by atoms with Crippen LogP contribution in [0.1, 0.15) is 25.6 Å². The van der Waals surface area contributed by atoms with Crippen LogP contribution in [-0.2, 0) is 7.05 Å². The van der Waals surface area contributed by atoms with Gasteiger partial charge in [0.2, 0.25) is 5.95 Å². The van der Waals surface area contributed by atoms with E-state index in [1.54, 1.807) is 4.68 Å². The predicted molar refractivity (Wildman–Crippen MR) is 39.5 cm³/mol. The van der Waals surface area contributed by atoms with E-state index in [0.29, 0.717) is 11.9 Å². The quantitative estimate of drug-likeness (QED) is 0.618. The third kappa shape index (κ3) is 1.10. The maximum atomic E-state index is 5.37. The third-order valence-electron chi connectivity index (χ3n) is 1.33. The number of rotatable bonds is 1. The Hall–Kier alpha value is -1.06. The monoisotopic (exact) mass is 140 g/mol. The Morgan fingerprint density at radius 2 is 2.10 bits per heavy atom. The highest BCUT2D eigenvalue weighted by Crippen LogP contribution is 2.10. The molecule has 0 aliphatic heterocycles. The van der Waals surface area contributed by atoms with Crippen LogP contribution in [0, 0.1) is 0 Å². The molecule has 0 aromatic carbocycles. The molecule has 4 heteroatoms. The fraction of sp³-hybridized carbons (Fsp3) is 0.667. The number of anilines is 1. The van der Waals surface area contributed by atoms with Crippen molar-refractivity contribution in [1.29, 1.82) is 0 Å². The van der Waals surface area contributed by atoms with Gasteiger partial charge in [-0.3, -0.25) is 4.68 Å². The SMILES string of the molecule is CC(C)c1nc(N)nn1C. The first-order valence-corrected chi connectivity index (χ1v) is 3.27. The van der Waals surface area contributed by atoms with Crippen molar-refractivity contribution in [3.63, 3.8) is 0 Å². The maximum absolute atomic E-state index is 5.37. The van der Waals surface area contributed by atoms with Crippen molar-refractivity contribution in [2.45, 2.75) is 19.8 Å². The second-order valence-electron chi connectivity index (χ2n) is 2.61. The summed E-state index contributed by atoms with van der Waals surface area (Å²) in [6, 6.07) is 0. The van der Waals surface area contributed by atoms with Crippen LogP contribution in [0.4, 0.5) is 5.95 Å². The van der Waals surface area contributed by atoms with Gasteiger partial charge in [-0.2, -0.15) is 4.98 Å². The van der Waals surface area contributed by atoms with Gasteiger partial charge in [-0.1, -0.05) is 13.8 Å². The van der Waals surface area contributed by atoms with Gasteiger partial charge in [-0.15, -0.1) is 5.10 Å². The van der Waals surface area contributed by atoms with Gasteiger partial charge in [-0.25, -0.2) is 0 Å². The number of nitrogen functional groups attached to an aromatic ring is 1. The molecule has 0 saturated heterocycles. The lowest BCUT2D eigenvalue weighted by Crippen LogP contribution is -2.00. The normalized spacial score (nSPS) is 10.8. The molecule has 0 amide bonds. The molecule has 0 bridgehead atoms. The minimum atomic E-state index is 0.353. The smallest absolute Gasteiger partial charge is 0.239 e. The zero-order valence-corrected chi connectivity index (χ0v) is 6.50. The number of nitrogens with two attached hydrogens (primary N) is 1. The van der Waals surface area contributed by atoms with Crippen LogP contribution in [0.25, 0.3) is 0 Å². The van der Waals surface area contributed by atoms with Gasteiger partial charge < -0.3 is 5.73 Å². The Morgan fingerprint density at radius 1 is 1.50 bits per heavy atom. The summed E-state index contributed by atoms with van der Waals surface area (Å²) in [5.41, 5.74) is 5.37. The van der Waals surface area contributed by atoms with Crippen LogP contribution < -0.4 is 5.73 Å². The molecule has 0 unspecified atom stereocenters. The van der Waals surface area contributed by atoms with E-state index in [9.17, 15) is 0 Å². The van der Waals surface area contributed by atoms with Gasteiger partial charge in [0.25, 0.3) is 0 Å². The summed E-state index contributed by atoms with van der Waals surface area (Å²) >= 11 is 0. The van der Waals surface area contributed by atoms with Crippen molar-refractivity contribution in [1.82, 2.24) is 14.8 Å². The highest BCUT2D eigenvalue weighted by Gasteiger charge is 2.06. The number of hydrogen-bond acceptors (Lipinski definition) is 3. The van der Waals surface area contributed by atoms with E-state index in [1.807, 2.05) is 7.05 Å². The number of aryl methyl sites for hydroxylation is 1. The number of hydrogen-bond donors (Lipinski definition) is 1. The second-order valence-corrected chi connectivity index (χ2v) is 2.61. The summed E-state index contributed by atoms with van der Waals surface area (Å²) in [4.78, 5) is 4.04. The fourth-order valence-corrected chi connectivity index (χ4v) is 0.920. The Bertz CT molecular complexity index is 226. The Balaban J connectivity index is 3.03. The van der Waals surface area contributed by atoms with Crippen LogP contribution in [0.5, 0.6) is 0 Å². The van der Waals surface area contributed by atoms with Crippen LogP contribution in [0.15, 0.2) is 0 Å². The van der Waals surface area contributed by atoms with Gasteiger partial charge >= 0.3 is 0 Å². The van der Waals surface area contributed by atoms with Crippen molar-refractivity contribution < 1.29 is 0 Å². The molecule has 1 aromatic heterocycles. The summed E-state index contributed by atoms with van der Waals surface area (Å²) in [7, 11) is 1.85. The molecule has 2 N–H and O–H groups in total. The number of aromatic nitrogens is 3. The predicted octanol–water partition coefficient (Wildman–Crippen LogP) is 0.521. The van der Waals surface area contributed by atoms with Crippen LogP contribution in [-0.4, -0.2) is 14.8 Å². The summed E-state index contributed by atoms with van der Waals surface area (Å²) in [5, 5.41) is 3.92. The van der Waals surface area contributed by atoms with Gasteiger partial charge in [-0.05, 0) is 0 Å². The average Bonchev–Trinajstić information content (AvgIpc) is 2.10. The molecule has 0 saturated carbocycles. The zero-order chi connectivity index (χ0) is 7.72. The molecular formula is C6H12N4. The lowest BCUT2D eigenvalue weighted by molar-refractivity contribution is 0.655. The number of nitrogens with zero attached hydrogens (tertiary/aromatic N) is 3. The van der Waals surface area contributed by atoms with Gasteiger partial charge in [0.15, 0.2) is 0 Å². The highest BCUT2D eigenvalue weighted by molar-refractivity contribution is 5.14. The molecule has 0 spiro atoms. The molecule has 0 aliphatic rings. The Labute approximate surface area is 60.1 Å². The van der Waals surface area contributed by atoms with E-state index in [-0.39, 0.29) is 0 Å². The molecular weight excluding hydrogens is 128 g/mol. The molecule has 56 valence electrons.